The first-order valence-electron chi connectivity index (χ1n) is 5.54. The molecule has 0 saturated carbocycles. The average Bonchev–Trinajstić information content (AvgIpc) is 2.17. The second-order valence-corrected chi connectivity index (χ2v) is 4.30. The van der Waals surface area contributed by atoms with Crippen LogP contribution in [0, 0.1) is 0 Å². The Balaban J connectivity index is 4.34. The lowest BCUT2D eigenvalue weighted by atomic mass is 9.94. The molecule has 0 aromatic carbocycles. The monoisotopic (exact) mass is 230 g/mol. The van der Waals surface area contributed by atoms with E-state index in [2.05, 4.69) is 10.6 Å². The number of rotatable bonds is 6. The molecule has 0 aliphatic heterocycles. The van der Waals surface area contributed by atoms with Crippen LogP contribution in [0.4, 0.5) is 0 Å². The first-order valence-corrected chi connectivity index (χ1v) is 5.54. The summed E-state index contributed by atoms with van der Waals surface area (Å²) in [5.74, 6) is -0.462. The Kier molecular flexibility index (Phi) is 6.03. The molecule has 0 aromatic rings. The van der Waals surface area contributed by atoms with Crippen molar-refractivity contribution >= 4 is 11.8 Å². The molecule has 0 aliphatic rings. The van der Waals surface area contributed by atoms with Gasteiger partial charge >= 0.3 is 0 Å². The molecular formula is C11H22N2O3. The van der Waals surface area contributed by atoms with Crippen molar-refractivity contribution in [3.8, 4) is 0 Å². The number of aliphatic hydroxyl groups is 1. The summed E-state index contributed by atoms with van der Waals surface area (Å²) in [6, 6.07) is -0.554. The van der Waals surface area contributed by atoms with E-state index in [4.69, 9.17) is 5.11 Å². The van der Waals surface area contributed by atoms with Gasteiger partial charge in [0.15, 0.2) is 0 Å². The minimum atomic E-state index is -0.554. The number of hydrogen-bond acceptors (Lipinski definition) is 3. The van der Waals surface area contributed by atoms with Gasteiger partial charge in [0.2, 0.25) is 11.8 Å². The smallest absolute Gasteiger partial charge is 0.242 e. The zero-order valence-corrected chi connectivity index (χ0v) is 10.5. The third-order valence-electron chi connectivity index (χ3n) is 2.68. The van der Waals surface area contributed by atoms with E-state index in [1.54, 1.807) is 6.92 Å². The molecule has 0 spiro atoms. The van der Waals surface area contributed by atoms with Crippen molar-refractivity contribution in [3.05, 3.63) is 0 Å². The summed E-state index contributed by atoms with van der Waals surface area (Å²) >= 11 is 0. The van der Waals surface area contributed by atoms with Crippen molar-refractivity contribution in [1.29, 1.82) is 0 Å². The third kappa shape index (κ3) is 5.11. The fourth-order valence-electron chi connectivity index (χ4n) is 1.35. The first-order chi connectivity index (χ1) is 7.34. The van der Waals surface area contributed by atoms with Crippen molar-refractivity contribution < 1.29 is 14.7 Å². The molecule has 0 rings (SSSR count). The fraction of sp³-hybridized carbons (Fsp3) is 0.818. The van der Waals surface area contributed by atoms with E-state index in [0.717, 1.165) is 6.42 Å². The first kappa shape index (κ1) is 14.9. The Bertz CT molecular complexity index is 256. The maximum absolute atomic E-state index is 11.7. The number of carbonyl (C=O) groups excluding carboxylic acids is 2. The van der Waals surface area contributed by atoms with Gasteiger partial charge in [-0.3, -0.25) is 9.59 Å². The van der Waals surface area contributed by atoms with E-state index < -0.39 is 11.6 Å². The van der Waals surface area contributed by atoms with Crippen LogP contribution in [0.25, 0.3) is 0 Å². The van der Waals surface area contributed by atoms with Gasteiger partial charge in [0.1, 0.15) is 6.04 Å². The second kappa shape index (κ2) is 6.48. The third-order valence-corrected chi connectivity index (χ3v) is 2.68. The molecule has 2 amide bonds. The highest BCUT2D eigenvalue weighted by Gasteiger charge is 2.26. The summed E-state index contributed by atoms with van der Waals surface area (Å²) in [6.45, 7) is 6.85. The van der Waals surface area contributed by atoms with Crippen molar-refractivity contribution in [2.45, 2.75) is 52.1 Å². The van der Waals surface area contributed by atoms with Crippen LogP contribution in [0.5, 0.6) is 0 Å². The van der Waals surface area contributed by atoms with Crippen LogP contribution >= 0.6 is 0 Å². The summed E-state index contributed by atoms with van der Waals surface area (Å²) in [7, 11) is 0. The van der Waals surface area contributed by atoms with Crippen LogP contribution in [0.15, 0.2) is 0 Å². The Morgan fingerprint density at radius 3 is 2.38 bits per heavy atom. The molecule has 0 heterocycles. The van der Waals surface area contributed by atoms with Gasteiger partial charge in [-0.15, -0.1) is 0 Å². The van der Waals surface area contributed by atoms with Crippen molar-refractivity contribution in [1.82, 2.24) is 10.6 Å². The highest BCUT2D eigenvalue weighted by molar-refractivity contribution is 5.86. The molecule has 0 fully saturated rings. The molecule has 0 aliphatic carbocycles. The standard InChI is InChI=1S/C11H22N2O3/c1-5-11(4,6-7-14)13-10(16)8(2)12-9(3)15/h8,14H,5-7H2,1-4H3,(H,12,15)(H,13,16). The lowest BCUT2D eigenvalue weighted by Crippen LogP contribution is -2.53. The fourth-order valence-corrected chi connectivity index (χ4v) is 1.35. The van der Waals surface area contributed by atoms with Crippen LogP contribution in [-0.4, -0.2) is 35.1 Å². The molecule has 2 atom stereocenters. The van der Waals surface area contributed by atoms with E-state index in [-0.39, 0.29) is 18.4 Å². The molecule has 5 nitrogen and oxygen atoms in total. The summed E-state index contributed by atoms with van der Waals surface area (Å²) < 4.78 is 0. The van der Waals surface area contributed by atoms with Gasteiger partial charge in [-0.25, -0.2) is 0 Å². The summed E-state index contributed by atoms with van der Waals surface area (Å²) in [5.41, 5.74) is -0.418. The minimum Gasteiger partial charge on any atom is -0.396 e. The van der Waals surface area contributed by atoms with Gasteiger partial charge in [-0.05, 0) is 26.7 Å². The highest BCUT2D eigenvalue weighted by atomic mass is 16.3. The Morgan fingerprint density at radius 1 is 1.44 bits per heavy atom. The number of amides is 2. The quantitative estimate of drug-likeness (QED) is 0.609. The summed E-state index contributed by atoms with van der Waals surface area (Å²) in [6.07, 6.45) is 1.23. The predicted octanol–water partition coefficient (Wildman–Crippen LogP) is 0.178. The lowest BCUT2D eigenvalue weighted by molar-refractivity contribution is -0.129. The van der Waals surface area contributed by atoms with Gasteiger partial charge in [0.05, 0.1) is 0 Å². The molecule has 94 valence electrons. The zero-order chi connectivity index (χ0) is 12.8. The number of carbonyl (C=O) groups is 2. The van der Waals surface area contributed by atoms with Crippen molar-refractivity contribution in [2.24, 2.45) is 0 Å². The number of aliphatic hydroxyl groups excluding tert-OH is 1. The molecule has 5 heteroatoms. The second-order valence-electron chi connectivity index (χ2n) is 4.30. The number of nitrogens with one attached hydrogen (secondary N) is 2. The summed E-state index contributed by atoms with van der Waals surface area (Å²) in [4.78, 5) is 22.5. The largest absolute Gasteiger partial charge is 0.396 e. The van der Waals surface area contributed by atoms with Crippen LogP contribution in [0.3, 0.4) is 0 Å². The van der Waals surface area contributed by atoms with Crippen LogP contribution < -0.4 is 10.6 Å². The van der Waals surface area contributed by atoms with E-state index in [9.17, 15) is 9.59 Å². The molecule has 2 unspecified atom stereocenters. The SMILES string of the molecule is CCC(C)(CCO)NC(=O)C(C)NC(C)=O. The van der Waals surface area contributed by atoms with Crippen molar-refractivity contribution in [3.63, 3.8) is 0 Å². The van der Waals surface area contributed by atoms with Crippen LogP contribution in [0.2, 0.25) is 0 Å². The van der Waals surface area contributed by atoms with E-state index in [0.29, 0.717) is 6.42 Å². The lowest BCUT2D eigenvalue weighted by Gasteiger charge is -2.30. The summed E-state index contributed by atoms with van der Waals surface area (Å²) in [5, 5.41) is 14.3. The Labute approximate surface area is 96.6 Å². The maximum atomic E-state index is 11.7. The molecular weight excluding hydrogens is 208 g/mol. The molecule has 0 radical (unpaired) electrons. The van der Waals surface area contributed by atoms with Gasteiger partial charge in [-0.1, -0.05) is 6.92 Å². The molecule has 3 N–H and O–H groups in total. The van der Waals surface area contributed by atoms with E-state index in [1.807, 2.05) is 13.8 Å². The van der Waals surface area contributed by atoms with Gasteiger partial charge in [-0.2, -0.15) is 0 Å². The van der Waals surface area contributed by atoms with E-state index >= 15 is 0 Å². The minimum absolute atomic E-state index is 0.0269. The Morgan fingerprint density at radius 2 is 2.00 bits per heavy atom. The Hall–Kier alpha value is -1.10. The van der Waals surface area contributed by atoms with Crippen molar-refractivity contribution in [2.75, 3.05) is 6.61 Å². The average molecular weight is 230 g/mol. The molecule has 16 heavy (non-hydrogen) atoms. The molecule has 0 aromatic heterocycles. The van der Waals surface area contributed by atoms with Gasteiger partial charge < -0.3 is 15.7 Å². The van der Waals surface area contributed by atoms with Crippen LogP contribution in [-0.2, 0) is 9.59 Å². The van der Waals surface area contributed by atoms with Gasteiger partial charge in [0, 0.05) is 19.1 Å². The van der Waals surface area contributed by atoms with Gasteiger partial charge in [0.25, 0.3) is 0 Å². The number of hydrogen-bond donors (Lipinski definition) is 3. The van der Waals surface area contributed by atoms with Crippen LogP contribution in [0.1, 0.15) is 40.5 Å². The topological polar surface area (TPSA) is 78.4 Å². The molecule has 0 saturated heterocycles. The van der Waals surface area contributed by atoms with E-state index in [1.165, 1.54) is 6.92 Å². The molecule has 0 bridgehead atoms. The zero-order valence-electron chi connectivity index (χ0n) is 10.5. The normalized spacial score (nSPS) is 16.1. The predicted molar refractivity (Wildman–Crippen MR) is 61.8 cm³/mol. The maximum Gasteiger partial charge on any atom is 0.242 e. The highest BCUT2D eigenvalue weighted by Crippen LogP contribution is 2.13.